The minimum Gasteiger partial charge on any atom is -0.493 e. The number of rotatable bonds is 5. The van der Waals surface area contributed by atoms with Crippen molar-refractivity contribution in [3.05, 3.63) is 33.6 Å². The number of fused-ring (bicyclic) bond motifs is 3. The zero-order valence-corrected chi connectivity index (χ0v) is 17.3. The van der Waals surface area contributed by atoms with Gasteiger partial charge in [0.2, 0.25) is 0 Å². The lowest BCUT2D eigenvalue weighted by Gasteiger charge is -2.33. The normalized spacial score (nSPS) is 18.2. The third kappa shape index (κ3) is 3.51. The summed E-state index contributed by atoms with van der Waals surface area (Å²) >= 11 is 0. The zero-order valence-electron chi connectivity index (χ0n) is 17.3. The van der Waals surface area contributed by atoms with E-state index in [9.17, 15) is 4.79 Å². The summed E-state index contributed by atoms with van der Waals surface area (Å²) < 4.78 is 12.7. The maximum absolute atomic E-state index is 13.1. The second kappa shape index (κ2) is 8.13. The summed E-state index contributed by atoms with van der Waals surface area (Å²) in [5.41, 5.74) is 3.13. The van der Waals surface area contributed by atoms with E-state index < -0.39 is 0 Å². The quantitative estimate of drug-likeness (QED) is 0.791. The standard InChI is InChI=1S/C22H31N3O3/c1-23-19-14-21(28-3)20(27-2)13-17(19)16-7-10-25(15-18(16)22(23)26)12-11-24-8-5-4-6-9-24/h13-14H,4-12,15H2,1-3H3. The minimum atomic E-state index is 0.109. The third-order valence-corrected chi connectivity index (χ3v) is 6.36. The van der Waals surface area contributed by atoms with Crippen LogP contribution in [0.25, 0.3) is 10.9 Å². The van der Waals surface area contributed by atoms with Gasteiger partial charge in [-0.2, -0.15) is 0 Å². The van der Waals surface area contributed by atoms with Crippen molar-refractivity contribution < 1.29 is 9.47 Å². The third-order valence-electron chi connectivity index (χ3n) is 6.36. The van der Waals surface area contributed by atoms with Gasteiger partial charge in [0, 0.05) is 50.2 Å². The molecule has 0 aliphatic carbocycles. The molecule has 1 fully saturated rings. The topological polar surface area (TPSA) is 46.9 Å². The molecule has 28 heavy (non-hydrogen) atoms. The van der Waals surface area contributed by atoms with Crippen molar-refractivity contribution >= 4 is 10.9 Å². The largest absolute Gasteiger partial charge is 0.493 e. The fraction of sp³-hybridized carbons (Fsp3) is 0.591. The van der Waals surface area contributed by atoms with Crippen LogP contribution in [0.5, 0.6) is 11.5 Å². The Hall–Kier alpha value is -2.05. The summed E-state index contributed by atoms with van der Waals surface area (Å²) in [5, 5.41) is 1.10. The molecule has 0 radical (unpaired) electrons. The molecular weight excluding hydrogens is 354 g/mol. The van der Waals surface area contributed by atoms with Gasteiger partial charge in [0.1, 0.15) is 0 Å². The lowest BCUT2D eigenvalue weighted by molar-refractivity contribution is 0.173. The Kier molecular flexibility index (Phi) is 5.60. The van der Waals surface area contributed by atoms with E-state index in [1.807, 2.05) is 19.2 Å². The molecule has 152 valence electrons. The lowest BCUT2D eigenvalue weighted by Crippen LogP contribution is -2.42. The predicted octanol–water partition coefficient (Wildman–Crippen LogP) is 2.40. The Labute approximate surface area is 166 Å². The molecule has 0 unspecified atom stereocenters. The molecule has 4 rings (SSSR count). The van der Waals surface area contributed by atoms with Gasteiger partial charge in [-0.15, -0.1) is 0 Å². The van der Waals surface area contributed by atoms with Crippen molar-refractivity contribution in [2.24, 2.45) is 7.05 Å². The van der Waals surface area contributed by atoms with Gasteiger partial charge in [0.15, 0.2) is 11.5 Å². The van der Waals surface area contributed by atoms with Gasteiger partial charge >= 0.3 is 0 Å². The van der Waals surface area contributed by atoms with Gasteiger partial charge in [0.05, 0.1) is 19.7 Å². The Balaban J connectivity index is 1.63. The van der Waals surface area contributed by atoms with Crippen LogP contribution in [0.3, 0.4) is 0 Å². The number of benzene rings is 1. The number of piperidine rings is 1. The molecule has 0 amide bonds. The fourth-order valence-electron chi connectivity index (χ4n) is 4.67. The second-order valence-electron chi connectivity index (χ2n) is 7.97. The minimum absolute atomic E-state index is 0.109. The number of aromatic nitrogens is 1. The molecule has 1 aromatic carbocycles. The molecule has 0 atom stereocenters. The Morgan fingerprint density at radius 2 is 1.57 bits per heavy atom. The predicted molar refractivity (Wildman–Crippen MR) is 112 cm³/mol. The first-order valence-electron chi connectivity index (χ1n) is 10.3. The molecule has 0 bridgehead atoms. The van der Waals surface area contributed by atoms with Crippen LogP contribution in [0.1, 0.15) is 30.4 Å². The van der Waals surface area contributed by atoms with Crippen LogP contribution in [0.2, 0.25) is 0 Å². The smallest absolute Gasteiger partial charge is 0.255 e. The highest BCUT2D eigenvalue weighted by molar-refractivity contribution is 5.87. The summed E-state index contributed by atoms with van der Waals surface area (Å²) in [6.07, 6.45) is 4.91. The van der Waals surface area contributed by atoms with Crippen LogP contribution in [-0.4, -0.2) is 61.3 Å². The SMILES string of the molecule is COc1cc2c3c(c(=O)n(C)c2cc1OC)CN(CCN1CCCCC1)CC3. The molecule has 6 nitrogen and oxygen atoms in total. The second-order valence-corrected chi connectivity index (χ2v) is 7.97. The molecule has 1 saturated heterocycles. The number of nitrogens with zero attached hydrogens (tertiary/aromatic N) is 3. The van der Waals surface area contributed by atoms with Crippen molar-refractivity contribution in [1.29, 1.82) is 0 Å². The number of likely N-dealkylation sites (tertiary alicyclic amines) is 1. The Morgan fingerprint density at radius 1 is 0.893 bits per heavy atom. The lowest BCUT2D eigenvalue weighted by atomic mass is 9.95. The number of methoxy groups -OCH3 is 2. The summed E-state index contributed by atoms with van der Waals surface area (Å²) in [6, 6.07) is 3.94. The molecular formula is C22H31N3O3. The summed E-state index contributed by atoms with van der Waals surface area (Å²) in [6.45, 7) is 6.31. The molecule has 2 aromatic rings. The van der Waals surface area contributed by atoms with E-state index in [1.165, 1.54) is 37.9 Å². The van der Waals surface area contributed by atoms with E-state index in [-0.39, 0.29) is 5.56 Å². The van der Waals surface area contributed by atoms with Crippen LogP contribution in [0, 0.1) is 0 Å². The van der Waals surface area contributed by atoms with Crippen molar-refractivity contribution in [2.75, 3.05) is 46.9 Å². The molecule has 0 N–H and O–H groups in total. The van der Waals surface area contributed by atoms with Crippen molar-refractivity contribution in [3.8, 4) is 11.5 Å². The molecule has 2 aliphatic rings. The van der Waals surface area contributed by atoms with E-state index in [4.69, 9.17) is 9.47 Å². The van der Waals surface area contributed by atoms with Crippen LogP contribution in [0.4, 0.5) is 0 Å². The first kappa shape index (κ1) is 19.3. The monoisotopic (exact) mass is 385 g/mol. The van der Waals surface area contributed by atoms with E-state index >= 15 is 0 Å². The van der Waals surface area contributed by atoms with Gasteiger partial charge < -0.3 is 18.9 Å². The maximum atomic E-state index is 13.1. The van der Waals surface area contributed by atoms with Crippen LogP contribution in [0.15, 0.2) is 16.9 Å². The average molecular weight is 386 g/mol. The van der Waals surface area contributed by atoms with Crippen molar-refractivity contribution in [1.82, 2.24) is 14.4 Å². The number of ether oxygens (including phenoxy) is 2. The van der Waals surface area contributed by atoms with Crippen LogP contribution >= 0.6 is 0 Å². The average Bonchev–Trinajstić information content (AvgIpc) is 2.75. The van der Waals surface area contributed by atoms with Gasteiger partial charge in [-0.25, -0.2) is 0 Å². The number of hydrogen-bond donors (Lipinski definition) is 0. The molecule has 2 aliphatic heterocycles. The highest BCUT2D eigenvalue weighted by Crippen LogP contribution is 2.35. The molecule has 1 aromatic heterocycles. The van der Waals surface area contributed by atoms with E-state index in [1.54, 1.807) is 18.8 Å². The van der Waals surface area contributed by atoms with Crippen molar-refractivity contribution in [3.63, 3.8) is 0 Å². The van der Waals surface area contributed by atoms with Crippen LogP contribution in [-0.2, 0) is 20.0 Å². The van der Waals surface area contributed by atoms with E-state index in [2.05, 4.69) is 9.80 Å². The van der Waals surface area contributed by atoms with E-state index in [0.717, 1.165) is 49.1 Å². The zero-order chi connectivity index (χ0) is 19.7. The van der Waals surface area contributed by atoms with Gasteiger partial charge in [-0.1, -0.05) is 6.42 Å². The summed E-state index contributed by atoms with van der Waals surface area (Å²) in [4.78, 5) is 18.1. The first-order valence-corrected chi connectivity index (χ1v) is 10.3. The highest BCUT2D eigenvalue weighted by atomic mass is 16.5. The number of hydrogen-bond acceptors (Lipinski definition) is 5. The van der Waals surface area contributed by atoms with Crippen LogP contribution < -0.4 is 15.0 Å². The molecule has 6 heteroatoms. The van der Waals surface area contributed by atoms with E-state index in [0.29, 0.717) is 11.5 Å². The Morgan fingerprint density at radius 3 is 2.29 bits per heavy atom. The van der Waals surface area contributed by atoms with Gasteiger partial charge in [-0.3, -0.25) is 9.69 Å². The molecule has 0 spiro atoms. The maximum Gasteiger partial charge on any atom is 0.255 e. The number of aryl methyl sites for hydroxylation is 1. The number of pyridine rings is 1. The van der Waals surface area contributed by atoms with Gasteiger partial charge in [-0.05, 0) is 44.0 Å². The molecule has 0 saturated carbocycles. The van der Waals surface area contributed by atoms with Gasteiger partial charge in [0.25, 0.3) is 5.56 Å². The molecule has 3 heterocycles. The summed E-state index contributed by atoms with van der Waals surface area (Å²) in [7, 11) is 5.13. The summed E-state index contributed by atoms with van der Waals surface area (Å²) in [5.74, 6) is 1.37. The Bertz CT molecular complexity index is 916. The first-order chi connectivity index (χ1) is 13.6. The van der Waals surface area contributed by atoms with Crippen molar-refractivity contribution in [2.45, 2.75) is 32.2 Å². The fourth-order valence-corrected chi connectivity index (χ4v) is 4.67. The highest BCUT2D eigenvalue weighted by Gasteiger charge is 2.24.